The summed E-state index contributed by atoms with van der Waals surface area (Å²) in [6.45, 7) is 4.68. The molecule has 1 rings (SSSR count). The van der Waals surface area contributed by atoms with Crippen LogP contribution in [-0.4, -0.2) is 62.6 Å². The number of sulfonamides is 1. The van der Waals surface area contributed by atoms with E-state index in [1.54, 1.807) is 4.31 Å². The lowest BCUT2D eigenvalue weighted by Gasteiger charge is -2.31. The molecule has 1 heterocycles. The summed E-state index contributed by atoms with van der Waals surface area (Å²) in [5.74, 6) is 0.175. The van der Waals surface area contributed by atoms with Gasteiger partial charge in [-0.05, 0) is 20.4 Å². The first-order chi connectivity index (χ1) is 6.92. The molecule has 0 radical (unpaired) electrons. The molecular formula is C9H21N3O2S. The van der Waals surface area contributed by atoms with E-state index in [0.29, 0.717) is 19.5 Å². The maximum Gasteiger partial charge on any atom is 0.214 e. The van der Waals surface area contributed by atoms with Gasteiger partial charge in [0.1, 0.15) is 0 Å². The van der Waals surface area contributed by atoms with Crippen molar-refractivity contribution in [3.63, 3.8) is 0 Å². The second kappa shape index (κ2) is 5.25. The molecule has 0 saturated carbocycles. The van der Waals surface area contributed by atoms with Crippen molar-refractivity contribution in [2.75, 3.05) is 39.0 Å². The Kier molecular flexibility index (Phi) is 4.51. The molecule has 6 heteroatoms. The smallest absolute Gasteiger partial charge is 0.214 e. The maximum atomic E-state index is 11.8. The molecule has 1 saturated heterocycles. The van der Waals surface area contributed by atoms with Gasteiger partial charge in [-0.25, -0.2) is 8.42 Å². The molecule has 0 aromatic heterocycles. The highest BCUT2D eigenvalue weighted by atomic mass is 32.2. The fourth-order valence-corrected chi connectivity index (χ4v) is 3.18. The zero-order valence-electron chi connectivity index (χ0n) is 9.52. The Morgan fingerprint density at radius 3 is 2.27 bits per heavy atom. The molecular weight excluding hydrogens is 214 g/mol. The average molecular weight is 235 g/mol. The van der Waals surface area contributed by atoms with Gasteiger partial charge in [0.25, 0.3) is 0 Å². The van der Waals surface area contributed by atoms with Crippen LogP contribution in [-0.2, 0) is 10.0 Å². The molecule has 1 atom stereocenters. The fourth-order valence-electron chi connectivity index (χ4n) is 1.53. The molecule has 0 amide bonds. The predicted octanol–water partition coefficient (Wildman–Crippen LogP) is -0.699. The van der Waals surface area contributed by atoms with Gasteiger partial charge in [0, 0.05) is 32.2 Å². The molecule has 2 N–H and O–H groups in total. The highest BCUT2D eigenvalue weighted by Crippen LogP contribution is 2.08. The number of likely N-dealkylation sites (N-methyl/N-ethyl adjacent to an activating group) is 1. The zero-order valence-corrected chi connectivity index (χ0v) is 10.3. The number of hydrogen-bond donors (Lipinski definition) is 1. The summed E-state index contributed by atoms with van der Waals surface area (Å²) in [6.07, 6.45) is 0.536. The molecule has 0 bridgehead atoms. The van der Waals surface area contributed by atoms with Gasteiger partial charge >= 0.3 is 0 Å². The van der Waals surface area contributed by atoms with E-state index in [0.717, 1.165) is 13.1 Å². The SMILES string of the molecule is CC(N)CCS(=O)(=O)N1CCN(C)CC1. The second-order valence-electron chi connectivity index (χ2n) is 4.28. The Hall–Kier alpha value is -0.170. The number of hydrogen-bond acceptors (Lipinski definition) is 4. The van der Waals surface area contributed by atoms with Crippen molar-refractivity contribution in [2.45, 2.75) is 19.4 Å². The third kappa shape index (κ3) is 4.06. The maximum absolute atomic E-state index is 11.8. The summed E-state index contributed by atoms with van der Waals surface area (Å²) < 4.78 is 25.3. The summed E-state index contributed by atoms with van der Waals surface area (Å²) in [5, 5.41) is 0. The lowest BCUT2D eigenvalue weighted by atomic mass is 10.3. The minimum atomic E-state index is -3.08. The molecule has 15 heavy (non-hydrogen) atoms. The van der Waals surface area contributed by atoms with Gasteiger partial charge in [-0.15, -0.1) is 0 Å². The van der Waals surface area contributed by atoms with E-state index in [1.807, 2.05) is 14.0 Å². The van der Waals surface area contributed by atoms with Crippen molar-refractivity contribution >= 4 is 10.0 Å². The molecule has 1 aliphatic heterocycles. The zero-order chi connectivity index (χ0) is 11.5. The van der Waals surface area contributed by atoms with Crippen LogP contribution in [0.2, 0.25) is 0 Å². The van der Waals surface area contributed by atoms with Crippen LogP contribution in [0.25, 0.3) is 0 Å². The number of rotatable bonds is 4. The van der Waals surface area contributed by atoms with Gasteiger partial charge in [0.15, 0.2) is 0 Å². The molecule has 0 aromatic rings. The standard InChI is InChI=1S/C9H21N3O2S/c1-9(10)3-8-15(13,14)12-6-4-11(2)5-7-12/h9H,3-8,10H2,1-2H3. The molecule has 0 aliphatic carbocycles. The third-order valence-corrected chi connectivity index (χ3v) is 4.59. The van der Waals surface area contributed by atoms with Crippen LogP contribution in [0.3, 0.4) is 0 Å². The lowest BCUT2D eigenvalue weighted by molar-refractivity contribution is 0.222. The quantitative estimate of drug-likeness (QED) is 0.700. The molecule has 0 aromatic carbocycles. The molecule has 5 nitrogen and oxygen atoms in total. The molecule has 1 aliphatic rings. The summed E-state index contributed by atoms with van der Waals surface area (Å²) >= 11 is 0. The Morgan fingerprint density at radius 2 is 1.80 bits per heavy atom. The van der Waals surface area contributed by atoms with Crippen molar-refractivity contribution in [1.29, 1.82) is 0 Å². The van der Waals surface area contributed by atoms with Crippen LogP contribution in [0, 0.1) is 0 Å². The first kappa shape index (κ1) is 12.9. The van der Waals surface area contributed by atoms with E-state index in [2.05, 4.69) is 4.90 Å². The molecule has 90 valence electrons. The first-order valence-electron chi connectivity index (χ1n) is 5.34. The number of nitrogens with two attached hydrogens (primary N) is 1. The van der Waals surface area contributed by atoms with Gasteiger partial charge in [0.2, 0.25) is 10.0 Å². The minimum absolute atomic E-state index is 0.0489. The van der Waals surface area contributed by atoms with Crippen molar-refractivity contribution in [2.24, 2.45) is 5.73 Å². The van der Waals surface area contributed by atoms with Crippen molar-refractivity contribution < 1.29 is 8.42 Å². The number of piperazine rings is 1. The van der Waals surface area contributed by atoms with Crippen LogP contribution in [0.15, 0.2) is 0 Å². The summed E-state index contributed by atoms with van der Waals surface area (Å²) in [6, 6.07) is -0.0489. The van der Waals surface area contributed by atoms with Crippen molar-refractivity contribution in [3.8, 4) is 0 Å². The van der Waals surface area contributed by atoms with Gasteiger partial charge in [-0.2, -0.15) is 4.31 Å². The molecule has 1 fully saturated rings. The Labute approximate surface area is 92.3 Å². The van der Waals surface area contributed by atoms with E-state index in [-0.39, 0.29) is 11.8 Å². The first-order valence-corrected chi connectivity index (χ1v) is 6.94. The van der Waals surface area contributed by atoms with Gasteiger partial charge in [0.05, 0.1) is 5.75 Å². The highest BCUT2D eigenvalue weighted by Gasteiger charge is 2.25. The van der Waals surface area contributed by atoms with Crippen LogP contribution in [0.1, 0.15) is 13.3 Å². The van der Waals surface area contributed by atoms with E-state index in [1.165, 1.54) is 0 Å². The predicted molar refractivity (Wildman–Crippen MR) is 61.1 cm³/mol. The topological polar surface area (TPSA) is 66.6 Å². The van der Waals surface area contributed by atoms with Crippen LogP contribution in [0.5, 0.6) is 0 Å². The number of nitrogens with zero attached hydrogens (tertiary/aromatic N) is 2. The highest BCUT2D eigenvalue weighted by molar-refractivity contribution is 7.89. The monoisotopic (exact) mass is 235 g/mol. The van der Waals surface area contributed by atoms with Crippen molar-refractivity contribution in [1.82, 2.24) is 9.21 Å². The van der Waals surface area contributed by atoms with Crippen molar-refractivity contribution in [3.05, 3.63) is 0 Å². The van der Waals surface area contributed by atoms with E-state index < -0.39 is 10.0 Å². The Bertz CT molecular complexity index is 282. The summed E-state index contributed by atoms with van der Waals surface area (Å²) in [5.41, 5.74) is 5.56. The summed E-state index contributed by atoms with van der Waals surface area (Å²) in [7, 11) is -1.07. The average Bonchev–Trinajstić information content (AvgIpc) is 2.16. The van der Waals surface area contributed by atoms with Crippen LogP contribution in [0.4, 0.5) is 0 Å². The summed E-state index contributed by atoms with van der Waals surface area (Å²) in [4.78, 5) is 2.14. The van der Waals surface area contributed by atoms with E-state index in [9.17, 15) is 8.42 Å². The normalized spacial score (nSPS) is 22.9. The van der Waals surface area contributed by atoms with E-state index in [4.69, 9.17) is 5.73 Å². The van der Waals surface area contributed by atoms with Crippen LogP contribution < -0.4 is 5.73 Å². The largest absolute Gasteiger partial charge is 0.328 e. The van der Waals surface area contributed by atoms with E-state index >= 15 is 0 Å². The fraction of sp³-hybridized carbons (Fsp3) is 1.00. The minimum Gasteiger partial charge on any atom is -0.328 e. The second-order valence-corrected chi connectivity index (χ2v) is 6.37. The third-order valence-electron chi connectivity index (χ3n) is 2.69. The van der Waals surface area contributed by atoms with Gasteiger partial charge in [-0.1, -0.05) is 0 Å². The van der Waals surface area contributed by atoms with Gasteiger partial charge in [-0.3, -0.25) is 0 Å². The Morgan fingerprint density at radius 1 is 1.27 bits per heavy atom. The van der Waals surface area contributed by atoms with Crippen LogP contribution >= 0.6 is 0 Å². The van der Waals surface area contributed by atoms with Gasteiger partial charge < -0.3 is 10.6 Å². The lowest BCUT2D eigenvalue weighted by Crippen LogP contribution is -2.48. The Balaban J connectivity index is 2.47. The molecule has 0 spiro atoms. The molecule has 1 unspecified atom stereocenters.